The Morgan fingerprint density at radius 1 is 1.28 bits per heavy atom. The molecule has 1 heterocycles. The molecule has 0 spiro atoms. The van der Waals surface area contributed by atoms with Gasteiger partial charge in [-0.05, 0) is 37.1 Å². The van der Waals surface area contributed by atoms with E-state index in [-0.39, 0.29) is 6.61 Å². The second kappa shape index (κ2) is 6.61. The third-order valence-electron chi connectivity index (χ3n) is 3.34. The van der Waals surface area contributed by atoms with Crippen LogP contribution in [-0.2, 0) is 4.74 Å². The zero-order chi connectivity index (χ0) is 12.8. The quantitative estimate of drug-likeness (QED) is 0.835. The van der Waals surface area contributed by atoms with Gasteiger partial charge < -0.3 is 20.1 Å². The molecule has 1 saturated heterocycles. The van der Waals surface area contributed by atoms with Crippen molar-refractivity contribution >= 4 is 11.4 Å². The van der Waals surface area contributed by atoms with Crippen molar-refractivity contribution in [2.24, 2.45) is 0 Å². The zero-order valence-electron chi connectivity index (χ0n) is 10.9. The van der Waals surface area contributed by atoms with Crippen molar-refractivity contribution in [3.05, 3.63) is 24.3 Å². The minimum atomic E-state index is 0.179. The number of rotatable bonds is 5. The lowest BCUT2D eigenvalue weighted by Gasteiger charge is -2.24. The summed E-state index contributed by atoms with van der Waals surface area (Å²) in [5.41, 5.74) is 2.28. The zero-order valence-corrected chi connectivity index (χ0v) is 10.9. The van der Waals surface area contributed by atoms with E-state index in [1.165, 1.54) is 0 Å². The molecule has 2 N–H and O–H groups in total. The van der Waals surface area contributed by atoms with Gasteiger partial charge in [0.15, 0.2) is 0 Å². The van der Waals surface area contributed by atoms with Crippen LogP contribution in [0.3, 0.4) is 0 Å². The van der Waals surface area contributed by atoms with E-state index in [2.05, 4.69) is 29.6 Å². The largest absolute Gasteiger partial charge is 0.395 e. The van der Waals surface area contributed by atoms with Crippen LogP contribution in [0.15, 0.2) is 24.3 Å². The average Bonchev–Trinajstić information content (AvgIpc) is 2.41. The Kier molecular flexibility index (Phi) is 4.84. The highest BCUT2D eigenvalue weighted by Crippen LogP contribution is 2.19. The molecule has 1 aliphatic heterocycles. The molecule has 1 fully saturated rings. The van der Waals surface area contributed by atoms with Crippen LogP contribution >= 0.6 is 0 Å². The maximum Gasteiger partial charge on any atom is 0.0606 e. The Morgan fingerprint density at radius 2 is 1.94 bits per heavy atom. The molecule has 1 aromatic carbocycles. The van der Waals surface area contributed by atoms with E-state index in [1.54, 1.807) is 0 Å². The smallest absolute Gasteiger partial charge is 0.0606 e. The number of hydrogen-bond donors (Lipinski definition) is 2. The van der Waals surface area contributed by atoms with Crippen molar-refractivity contribution in [3.8, 4) is 0 Å². The first-order chi connectivity index (χ1) is 8.79. The van der Waals surface area contributed by atoms with Gasteiger partial charge in [-0.1, -0.05) is 0 Å². The van der Waals surface area contributed by atoms with Gasteiger partial charge in [0, 0.05) is 44.2 Å². The van der Waals surface area contributed by atoms with Crippen molar-refractivity contribution in [2.75, 3.05) is 43.6 Å². The number of aliphatic hydroxyl groups is 1. The summed E-state index contributed by atoms with van der Waals surface area (Å²) in [4.78, 5) is 2.04. The molecule has 1 aromatic rings. The number of benzene rings is 1. The van der Waals surface area contributed by atoms with Crippen LogP contribution in [-0.4, -0.2) is 44.6 Å². The molecular formula is C14H22N2O2. The fourth-order valence-corrected chi connectivity index (χ4v) is 2.17. The Labute approximate surface area is 109 Å². The summed E-state index contributed by atoms with van der Waals surface area (Å²) in [5, 5.41) is 12.4. The van der Waals surface area contributed by atoms with Gasteiger partial charge in [-0.15, -0.1) is 0 Å². The van der Waals surface area contributed by atoms with Gasteiger partial charge >= 0.3 is 0 Å². The Balaban J connectivity index is 1.90. The molecule has 0 aliphatic carbocycles. The fourth-order valence-electron chi connectivity index (χ4n) is 2.17. The maximum absolute atomic E-state index is 8.90. The van der Waals surface area contributed by atoms with E-state index in [0.717, 1.165) is 37.4 Å². The van der Waals surface area contributed by atoms with Crippen molar-refractivity contribution in [2.45, 2.75) is 18.9 Å². The number of nitrogens with one attached hydrogen (secondary N) is 1. The molecule has 2 rings (SSSR count). The summed E-state index contributed by atoms with van der Waals surface area (Å²) in [6.45, 7) is 2.55. The van der Waals surface area contributed by atoms with Gasteiger partial charge in [-0.2, -0.15) is 0 Å². The van der Waals surface area contributed by atoms with Gasteiger partial charge in [0.05, 0.1) is 6.61 Å². The van der Waals surface area contributed by atoms with Crippen LogP contribution < -0.4 is 10.2 Å². The highest BCUT2D eigenvalue weighted by molar-refractivity contribution is 5.55. The normalized spacial score (nSPS) is 16.6. The summed E-state index contributed by atoms with van der Waals surface area (Å²) >= 11 is 0. The lowest BCUT2D eigenvalue weighted by molar-refractivity contribution is 0.0904. The third-order valence-corrected chi connectivity index (χ3v) is 3.34. The van der Waals surface area contributed by atoms with E-state index >= 15 is 0 Å². The predicted octanol–water partition coefficient (Wildman–Crippen LogP) is 1.71. The number of anilines is 2. The molecule has 0 unspecified atom stereocenters. The molecule has 4 heteroatoms. The molecule has 0 aromatic heterocycles. The van der Waals surface area contributed by atoms with E-state index in [0.29, 0.717) is 12.6 Å². The molecule has 0 bridgehead atoms. The second-order valence-corrected chi connectivity index (χ2v) is 4.72. The SMILES string of the molecule is CN(CCO)c1ccc(NC2CCOCC2)cc1. The Hall–Kier alpha value is -1.26. The Bertz CT molecular complexity index is 347. The summed E-state index contributed by atoms with van der Waals surface area (Å²) in [7, 11) is 1.98. The van der Waals surface area contributed by atoms with E-state index in [1.807, 2.05) is 11.9 Å². The molecule has 0 radical (unpaired) electrons. The van der Waals surface area contributed by atoms with Gasteiger partial charge in [0.25, 0.3) is 0 Å². The number of aliphatic hydroxyl groups excluding tert-OH is 1. The van der Waals surface area contributed by atoms with Gasteiger partial charge in [-0.3, -0.25) is 0 Å². The van der Waals surface area contributed by atoms with Gasteiger partial charge in [0.2, 0.25) is 0 Å². The molecule has 18 heavy (non-hydrogen) atoms. The van der Waals surface area contributed by atoms with Gasteiger partial charge in [-0.25, -0.2) is 0 Å². The molecular weight excluding hydrogens is 228 g/mol. The average molecular weight is 250 g/mol. The lowest BCUT2D eigenvalue weighted by atomic mass is 10.1. The molecule has 100 valence electrons. The molecule has 1 aliphatic rings. The number of likely N-dealkylation sites (N-methyl/N-ethyl adjacent to an activating group) is 1. The summed E-state index contributed by atoms with van der Waals surface area (Å²) in [6.07, 6.45) is 2.15. The van der Waals surface area contributed by atoms with E-state index in [9.17, 15) is 0 Å². The van der Waals surface area contributed by atoms with Gasteiger partial charge in [0.1, 0.15) is 0 Å². The molecule has 0 saturated carbocycles. The van der Waals surface area contributed by atoms with Crippen molar-refractivity contribution in [1.29, 1.82) is 0 Å². The van der Waals surface area contributed by atoms with Crippen molar-refractivity contribution in [3.63, 3.8) is 0 Å². The minimum absolute atomic E-state index is 0.179. The van der Waals surface area contributed by atoms with Crippen molar-refractivity contribution < 1.29 is 9.84 Å². The van der Waals surface area contributed by atoms with E-state index < -0.39 is 0 Å². The van der Waals surface area contributed by atoms with Crippen LogP contribution in [0.5, 0.6) is 0 Å². The fraction of sp³-hybridized carbons (Fsp3) is 0.571. The number of nitrogens with zero attached hydrogens (tertiary/aromatic N) is 1. The highest BCUT2D eigenvalue weighted by Gasteiger charge is 2.13. The third kappa shape index (κ3) is 3.62. The summed E-state index contributed by atoms with van der Waals surface area (Å²) in [6, 6.07) is 8.88. The maximum atomic E-state index is 8.90. The molecule has 4 nitrogen and oxygen atoms in total. The van der Waals surface area contributed by atoms with Crippen LogP contribution in [0.25, 0.3) is 0 Å². The topological polar surface area (TPSA) is 44.7 Å². The Morgan fingerprint density at radius 3 is 2.56 bits per heavy atom. The first-order valence-electron chi connectivity index (χ1n) is 6.56. The molecule has 0 atom stereocenters. The monoisotopic (exact) mass is 250 g/mol. The minimum Gasteiger partial charge on any atom is -0.395 e. The van der Waals surface area contributed by atoms with E-state index in [4.69, 9.17) is 9.84 Å². The number of hydrogen-bond acceptors (Lipinski definition) is 4. The first-order valence-corrected chi connectivity index (χ1v) is 6.56. The molecule has 0 amide bonds. The number of ether oxygens (including phenoxy) is 1. The van der Waals surface area contributed by atoms with Crippen LogP contribution in [0.1, 0.15) is 12.8 Å². The van der Waals surface area contributed by atoms with Crippen molar-refractivity contribution in [1.82, 2.24) is 0 Å². The van der Waals surface area contributed by atoms with Crippen LogP contribution in [0.2, 0.25) is 0 Å². The summed E-state index contributed by atoms with van der Waals surface area (Å²) in [5.74, 6) is 0. The first kappa shape index (κ1) is 13.2. The van der Waals surface area contributed by atoms with Crippen LogP contribution in [0, 0.1) is 0 Å². The van der Waals surface area contributed by atoms with Crippen LogP contribution in [0.4, 0.5) is 11.4 Å². The lowest BCUT2D eigenvalue weighted by Crippen LogP contribution is -2.27. The highest BCUT2D eigenvalue weighted by atomic mass is 16.5. The predicted molar refractivity (Wildman–Crippen MR) is 74.3 cm³/mol. The second-order valence-electron chi connectivity index (χ2n) is 4.72. The standard InChI is InChI=1S/C14H22N2O2/c1-16(8-9-17)14-4-2-12(3-5-14)15-13-6-10-18-11-7-13/h2-5,13,15,17H,6-11H2,1H3. The summed E-state index contributed by atoms with van der Waals surface area (Å²) < 4.78 is 5.34.